The highest BCUT2D eigenvalue weighted by atomic mass is 19.1. The van der Waals surface area contributed by atoms with Crippen molar-refractivity contribution in [2.45, 2.75) is 25.9 Å². The topological polar surface area (TPSA) is 41.5 Å². The van der Waals surface area contributed by atoms with Crippen LogP contribution in [0.3, 0.4) is 0 Å². The Morgan fingerprint density at radius 3 is 2.33 bits per heavy atom. The summed E-state index contributed by atoms with van der Waals surface area (Å²) >= 11 is 0. The first-order chi connectivity index (χ1) is 10.0. The van der Waals surface area contributed by atoms with Gasteiger partial charge in [-0.05, 0) is 49.7 Å². The lowest BCUT2D eigenvalue weighted by atomic mass is 10.0. The molecule has 0 heterocycles. The Morgan fingerprint density at radius 1 is 1.05 bits per heavy atom. The molecule has 0 aliphatic rings. The van der Waals surface area contributed by atoms with Crippen LogP contribution in [0.5, 0.6) is 11.5 Å². The van der Waals surface area contributed by atoms with Crippen LogP contribution in [0, 0.1) is 5.82 Å². The Hall–Kier alpha value is -2.07. The maximum absolute atomic E-state index is 12.9. The molecule has 0 spiro atoms. The van der Waals surface area contributed by atoms with E-state index >= 15 is 0 Å². The van der Waals surface area contributed by atoms with Crippen LogP contribution in [0.4, 0.5) is 4.39 Å². The first kappa shape index (κ1) is 15.3. The van der Waals surface area contributed by atoms with Crippen molar-refractivity contribution >= 4 is 0 Å². The fourth-order valence-corrected chi connectivity index (χ4v) is 2.32. The van der Waals surface area contributed by atoms with Crippen molar-refractivity contribution in [2.24, 2.45) is 0 Å². The van der Waals surface area contributed by atoms with Crippen molar-refractivity contribution in [3.63, 3.8) is 0 Å². The lowest BCUT2D eigenvalue weighted by Gasteiger charge is -2.22. The lowest BCUT2D eigenvalue weighted by Crippen LogP contribution is -2.22. The molecule has 0 amide bonds. The van der Waals surface area contributed by atoms with E-state index in [9.17, 15) is 9.50 Å². The van der Waals surface area contributed by atoms with Gasteiger partial charge in [0.2, 0.25) is 0 Å². The number of halogens is 1. The highest BCUT2D eigenvalue weighted by Gasteiger charge is 2.15. The summed E-state index contributed by atoms with van der Waals surface area (Å²) in [7, 11) is 1.59. The molecule has 4 heteroatoms. The summed E-state index contributed by atoms with van der Waals surface area (Å²) in [5.74, 6) is 0.678. The van der Waals surface area contributed by atoms with E-state index in [0.717, 1.165) is 11.1 Å². The SMILES string of the molecule is COc1ccc(O)c(C(C)N[C@@H](C)c2ccc(F)cc2)c1. The molecule has 0 aliphatic heterocycles. The summed E-state index contributed by atoms with van der Waals surface area (Å²) < 4.78 is 18.1. The Bertz CT molecular complexity index is 598. The molecule has 0 bridgehead atoms. The van der Waals surface area contributed by atoms with Crippen molar-refractivity contribution < 1.29 is 14.2 Å². The monoisotopic (exact) mass is 289 g/mol. The van der Waals surface area contributed by atoms with Crippen LogP contribution in [0.25, 0.3) is 0 Å². The van der Waals surface area contributed by atoms with Crippen molar-refractivity contribution in [1.29, 1.82) is 0 Å². The van der Waals surface area contributed by atoms with Gasteiger partial charge in [0.05, 0.1) is 7.11 Å². The highest BCUT2D eigenvalue weighted by Crippen LogP contribution is 2.29. The summed E-state index contributed by atoms with van der Waals surface area (Å²) in [5.41, 5.74) is 1.76. The fraction of sp³-hybridized carbons (Fsp3) is 0.294. The number of hydrogen-bond donors (Lipinski definition) is 2. The van der Waals surface area contributed by atoms with E-state index in [0.29, 0.717) is 5.75 Å². The standard InChI is InChI=1S/C17H20FNO2/c1-11(13-4-6-14(18)7-5-13)19-12(2)16-10-15(21-3)8-9-17(16)20/h4-12,19-20H,1-3H3/t11-,12?/m0/s1. The Balaban J connectivity index is 2.13. The molecule has 112 valence electrons. The zero-order chi connectivity index (χ0) is 15.4. The normalized spacial score (nSPS) is 13.7. The van der Waals surface area contributed by atoms with Crippen molar-refractivity contribution in [3.05, 3.63) is 59.4 Å². The molecular weight excluding hydrogens is 269 g/mol. The van der Waals surface area contributed by atoms with Crippen molar-refractivity contribution in [1.82, 2.24) is 5.32 Å². The smallest absolute Gasteiger partial charge is 0.123 e. The molecule has 2 atom stereocenters. The van der Waals surface area contributed by atoms with Crippen molar-refractivity contribution in [2.75, 3.05) is 7.11 Å². The van der Waals surface area contributed by atoms with Gasteiger partial charge in [-0.1, -0.05) is 12.1 Å². The van der Waals surface area contributed by atoms with Gasteiger partial charge in [-0.2, -0.15) is 0 Å². The summed E-state index contributed by atoms with van der Waals surface area (Å²) in [5, 5.41) is 13.4. The van der Waals surface area contributed by atoms with E-state index in [1.54, 1.807) is 31.4 Å². The molecule has 2 aromatic carbocycles. The number of nitrogens with one attached hydrogen (secondary N) is 1. The van der Waals surface area contributed by atoms with Crippen molar-refractivity contribution in [3.8, 4) is 11.5 Å². The number of aromatic hydroxyl groups is 1. The second kappa shape index (κ2) is 6.59. The minimum Gasteiger partial charge on any atom is -0.508 e. The summed E-state index contributed by atoms with van der Waals surface area (Å²) in [6.07, 6.45) is 0. The first-order valence-electron chi connectivity index (χ1n) is 6.89. The predicted molar refractivity (Wildman–Crippen MR) is 81.0 cm³/mol. The number of benzene rings is 2. The number of hydrogen-bond acceptors (Lipinski definition) is 3. The van der Waals surface area contributed by atoms with Gasteiger partial charge in [0.25, 0.3) is 0 Å². The Labute approximate surface area is 124 Å². The average molecular weight is 289 g/mol. The van der Waals surface area contributed by atoms with E-state index < -0.39 is 0 Å². The van der Waals surface area contributed by atoms with E-state index in [1.807, 2.05) is 19.9 Å². The summed E-state index contributed by atoms with van der Waals surface area (Å²) in [6.45, 7) is 3.97. The Morgan fingerprint density at radius 2 is 1.71 bits per heavy atom. The second-order valence-electron chi connectivity index (χ2n) is 5.09. The third-order valence-electron chi connectivity index (χ3n) is 3.57. The number of rotatable bonds is 5. The molecule has 0 aliphatic carbocycles. The second-order valence-corrected chi connectivity index (χ2v) is 5.09. The van der Waals surface area contributed by atoms with Gasteiger partial charge < -0.3 is 15.2 Å². The molecule has 0 fully saturated rings. The number of methoxy groups -OCH3 is 1. The van der Waals surface area contributed by atoms with Crippen LogP contribution >= 0.6 is 0 Å². The first-order valence-corrected chi connectivity index (χ1v) is 6.89. The van der Waals surface area contributed by atoms with Crippen LogP contribution in [-0.2, 0) is 0 Å². The molecule has 1 unspecified atom stereocenters. The number of phenolic OH excluding ortho intramolecular Hbond substituents is 1. The zero-order valence-corrected chi connectivity index (χ0v) is 12.4. The minimum atomic E-state index is -0.246. The lowest BCUT2D eigenvalue weighted by molar-refractivity contribution is 0.405. The molecule has 0 radical (unpaired) electrons. The van der Waals surface area contributed by atoms with Gasteiger partial charge in [0, 0.05) is 17.6 Å². The van der Waals surface area contributed by atoms with Crippen LogP contribution < -0.4 is 10.1 Å². The third kappa shape index (κ3) is 3.73. The molecule has 2 N–H and O–H groups in total. The number of ether oxygens (including phenoxy) is 1. The highest BCUT2D eigenvalue weighted by molar-refractivity contribution is 5.41. The molecule has 2 rings (SSSR count). The molecule has 21 heavy (non-hydrogen) atoms. The van der Waals surface area contributed by atoms with E-state index in [-0.39, 0.29) is 23.7 Å². The molecule has 0 saturated heterocycles. The quantitative estimate of drug-likeness (QED) is 0.875. The van der Waals surface area contributed by atoms with Crippen LogP contribution in [-0.4, -0.2) is 12.2 Å². The summed E-state index contributed by atoms with van der Waals surface area (Å²) in [4.78, 5) is 0. The molecule has 2 aromatic rings. The van der Waals surface area contributed by atoms with Gasteiger partial charge in [0.1, 0.15) is 17.3 Å². The van der Waals surface area contributed by atoms with Gasteiger partial charge in [-0.3, -0.25) is 0 Å². The maximum atomic E-state index is 12.9. The predicted octanol–water partition coefficient (Wildman–Crippen LogP) is 3.95. The summed E-state index contributed by atoms with van der Waals surface area (Å²) in [6, 6.07) is 11.5. The van der Waals surface area contributed by atoms with Gasteiger partial charge >= 0.3 is 0 Å². The van der Waals surface area contributed by atoms with E-state index in [2.05, 4.69) is 5.32 Å². The fourth-order valence-electron chi connectivity index (χ4n) is 2.32. The van der Waals surface area contributed by atoms with Gasteiger partial charge in [-0.25, -0.2) is 4.39 Å². The largest absolute Gasteiger partial charge is 0.508 e. The molecular formula is C17H20FNO2. The van der Waals surface area contributed by atoms with Gasteiger partial charge in [0.15, 0.2) is 0 Å². The maximum Gasteiger partial charge on any atom is 0.123 e. The zero-order valence-electron chi connectivity index (χ0n) is 12.4. The van der Waals surface area contributed by atoms with Crippen LogP contribution in [0.15, 0.2) is 42.5 Å². The molecule has 3 nitrogen and oxygen atoms in total. The number of phenols is 1. The Kier molecular flexibility index (Phi) is 4.81. The molecule has 0 aromatic heterocycles. The van der Waals surface area contributed by atoms with Crippen LogP contribution in [0.1, 0.15) is 37.1 Å². The van der Waals surface area contributed by atoms with E-state index in [1.165, 1.54) is 12.1 Å². The van der Waals surface area contributed by atoms with Gasteiger partial charge in [-0.15, -0.1) is 0 Å². The van der Waals surface area contributed by atoms with Crippen LogP contribution in [0.2, 0.25) is 0 Å². The van der Waals surface area contributed by atoms with E-state index in [4.69, 9.17) is 4.74 Å². The minimum absolute atomic E-state index is 0.0335. The third-order valence-corrected chi connectivity index (χ3v) is 3.57. The average Bonchev–Trinajstić information content (AvgIpc) is 2.48. The molecule has 0 saturated carbocycles.